The summed E-state index contributed by atoms with van der Waals surface area (Å²) < 4.78 is 2.62. The van der Waals surface area contributed by atoms with E-state index < -0.39 is 0 Å². The molecule has 1 nitrogen and oxygen atoms in total. The highest BCUT2D eigenvalue weighted by Gasteiger charge is 2.22. The molecule has 234 valence electrons. The Morgan fingerprint density at radius 1 is 0.360 bits per heavy atom. The predicted octanol–water partition coefficient (Wildman–Crippen LogP) is 14.3. The van der Waals surface area contributed by atoms with Gasteiger partial charge in [0.25, 0.3) is 0 Å². The van der Waals surface area contributed by atoms with Crippen LogP contribution in [-0.2, 0) is 0 Å². The second-order valence-electron chi connectivity index (χ2n) is 12.9. The molecule has 0 unspecified atom stereocenters. The standard InChI is InChI=1S/C48H31NS/c1-3-13-32(14-4-1)40-28-27-38(31-43(40)33-15-5-2-6-16-33)49(37-26-25-35-24-23-34-17-7-9-19-39(34)44(35)30-37)45-29-36-18-8-10-20-41(36)48-47(45)42-21-11-12-22-46(42)50-48/h1-31H. The van der Waals surface area contributed by atoms with E-state index >= 15 is 0 Å². The van der Waals surface area contributed by atoms with Crippen LogP contribution in [-0.4, -0.2) is 0 Å². The average Bonchev–Trinajstić information content (AvgIpc) is 3.59. The second-order valence-corrected chi connectivity index (χ2v) is 14.0. The van der Waals surface area contributed by atoms with Crippen molar-refractivity contribution in [1.82, 2.24) is 0 Å². The minimum absolute atomic E-state index is 1.12. The number of rotatable bonds is 5. The molecule has 10 rings (SSSR count). The van der Waals surface area contributed by atoms with Gasteiger partial charge in [-0.05, 0) is 91.0 Å². The first-order valence-corrected chi connectivity index (χ1v) is 17.9. The van der Waals surface area contributed by atoms with Crippen molar-refractivity contribution in [2.75, 3.05) is 4.90 Å². The van der Waals surface area contributed by atoms with Gasteiger partial charge in [0.15, 0.2) is 0 Å². The van der Waals surface area contributed by atoms with Crippen LogP contribution in [0.3, 0.4) is 0 Å². The molecule has 0 saturated carbocycles. The van der Waals surface area contributed by atoms with Gasteiger partial charge in [-0.2, -0.15) is 0 Å². The Morgan fingerprint density at radius 2 is 0.920 bits per heavy atom. The van der Waals surface area contributed by atoms with E-state index in [1.54, 1.807) is 0 Å². The fourth-order valence-electron chi connectivity index (χ4n) is 7.67. The SMILES string of the molecule is c1ccc(-c2ccc(N(c3ccc4ccc5ccccc5c4c3)c3cc4ccccc4c4sc5ccccc5c34)cc2-c2ccccc2)cc1. The van der Waals surface area contributed by atoms with Crippen molar-refractivity contribution < 1.29 is 0 Å². The fourth-order valence-corrected chi connectivity index (χ4v) is 8.93. The van der Waals surface area contributed by atoms with Crippen LogP contribution < -0.4 is 4.90 Å². The van der Waals surface area contributed by atoms with Gasteiger partial charge < -0.3 is 4.90 Å². The molecule has 0 fully saturated rings. The van der Waals surface area contributed by atoms with Gasteiger partial charge in [0.1, 0.15) is 0 Å². The summed E-state index contributed by atoms with van der Waals surface area (Å²) in [5.41, 5.74) is 8.26. The van der Waals surface area contributed by atoms with E-state index in [2.05, 4.69) is 193 Å². The molecule has 1 aromatic heterocycles. The molecule has 0 N–H and O–H groups in total. The topological polar surface area (TPSA) is 3.24 Å². The smallest absolute Gasteiger partial charge is 0.0561 e. The largest absolute Gasteiger partial charge is 0.310 e. The summed E-state index contributed by atoms with van der Waals surface area (Å²) in [7, 11) is 0. The van der Waals surface area contributed by atoms with Crippen molar-refractivity contribution >= 4 is 80.9 Å². The number of nitrogens with zero attached hydrogens (tertiary/aromatic N) is 1. The monoisotopic (exact) mass is 653 g/mol. The number of hydrogen-bond acceptors (Lipinski definition) is 2. The van der Waals surface area contributed by atoms with E-state index in [1.165, 1.54) is 80.4 Å². The summed E-state index contributed by atoms with van der Waals surface area (Å²) in [4.78, 5) is 2.50. The molecular weight excluding hydrogens is 623 g/mol. The van der Waals surface area contributed by atoms with Crippen molar-refractivity contribution in [3.8, 4) is 22.3 Å². The summed E-state index contributed by atoms with van der Waals surface area (Å²) in [5.74, 6) is 0. The normalized spacial score (nSPS) is 11.6. The molecule has 0 atom stereocenters. The van der Waals surface area contributed by atoms with E-state index in [0.29, 0.717) is 0 Å². The first-order chi connectivity index (χ1) is 24.8. The van der Waals surface area contributed by atoms with Gasteiger partial charge in [0.2, 0.25) is 0 Å². The third kappa shape index (κ3) is 4.69. The van der Waals surface area contributed by atoms with Crippen LogP contribution in [0.4, 0.5) is 17.1 Å². The fraction of sp³-hybridized carbons (Fsp3) is 0. The van der Waals surface area contributed by atoms with Crippen LogP contribution in [0.5, 0.6) is 0 Å². The minimum Gasteiger partial charge on any atom is -0.310 e. The van der Waals surface area contributed by atoms with Crippen LogP contribution in [0, 0.1) is 0 Å². The van der Waals surface area contributed by atoms with Gasteiger partial charge in [-0.3, -0.25) is 0 Å². The Balaban J connectivity index is 1.32. The average molecular weight is 654 g/mol. The Bertz CT molecular complexity index is 2870. The molecule has 0 aliphatic carbocycles. The number of fused-ring (bicyclic) bond motifs is 8. The molecule has 0 aliphatic heterocycles. The Kier molecular flexibility index (Phi) is 6.75. The number of thiophene rings is 1. The van der Waals surface area contributed by atoms with E-state index in [4.69, 9.17) is 0 Å². The first-order valence-electron chi connectivity index (χ1n) is 17.1. The van der Waals surface area contributed by atoms with Crippen molar-refractivity contribution in [2.24, 2.45) is 0 Å². The maximum absolute atomic E-state index is 2.50. The van der Waals surface area contributed by atoms with Gasteiger partial charge in [-0.1, -0.05) is 152 Å². The lowest BCUT2D eigenvalue weighted by Gasteiger charge is -2.28. The van der Waals surface area contributed by atoms with Crippen molar-refractivity contribution in [3.05, 3.63) is 188 Å². The maximum atomic E-state index is 2.50. The van der Waals surface area contributed by atoms with Crippen LogP contribution in [0.2, 0.25) is 0 Å². The highest BCUT2D eigenvalue weighted by Crippen LogP contribution is 2.49. The van der Waals surface area contributed by atoms with Crippen LogP contribution in [0.15, 0.2) is 188 Å². The van der Waals surface area contributed by atoms with Crippen LogP contribution in [0.1, 0.15) is 0 Å². The van der Waals surface area contributed by atoms with Gasteiger partial charge >= 0.3 is 0 Å². The number of hydrogen-bond donors (Lipinski definition) is 0. The van der Waals surface area contributed by atoms with Gasteiger partial charge in [-0.25, -0.2) is 0 Å². The van der Waals surface area contributed by atoms with Crippen molar-refractivity contribution in [2.45, 2.75) is 0 Å². The molecule has 10 aromatic rings. The molecule has 0 saturated heterocycles. The molecule has 2 heteroatoms. The third-order valence-corrected chi connectivity index (χ3v) is 11.2. The zero-order valence-electron chi connectivity index (χ0n) is 27.3. The maximum Gasteiger partial charge on any atom is 0.0561 e. The van der Waals surface area contributed by atoms with E-state index in [1.807, 2.05) is 11.3 Å². The quantitative estimate of drug-likeness (QED) is 0.167. The molecule has 0 bridgehead atoms. The van der Waals surface area contributed by atoms with Crippen LogP contribution in [0.25, 0.3) is 74.7 Å². The molecule has 50 heavy (non-hydrogen) atoms. The van der Waals surface area contributed by atoms with Crippen molar-refractivity contribution in [1.29, 1.82) is 0 Å². The molecule has 9 aromatic carbocycles. The summed E-state index contributed by atoms with van der Waals surface area (Å²) in [6.07, 6.45) is 0. The summed E-state index contributed by atoms with van der Waals surface area (Å²) in [6, 6.07) is 68.8. The third-order valence-electron chi connectivity index (χ3n) is 10.0. The molecule has 0 radical (unpaired) electrons. The molecule has 0 amide bonds. The molecule has 0 aliphatic rings. The summed E-state index contributed by atoms with van der Waals surface area (Å²) in [6.45, 7) is 0. The summed E-state index contributed by atoms with van der Waals surface area (Å²) in [5, 5.41) is 10.1. The minimum atomic E-state index is 1.12. The Labute approximate surface area is 294 Å². The first kappa shape index (κ1) is 28.8. The molecule has 1 heterocycles. The van der Waals surface area contributed by atoms with Crippen LogP contribution >= 0.6 is 11.3 Å². The number of anilines is 3. The second kappa shape index (κ2) is 11.7. The Morgan fingerprint density at radius 3 is 1.70 bits per heavy atom. The Hall–Kier alpha value is -6.22. The van der Waals surface area contributed by atoms with E-state index in [-0.39, 0.29) is 0 Å². The number of benzene rings is 9. The van der Waals surface area contributed by atoms with E-state index in [9.17, 15) is 0 Å². The highest BCUT2D eigenvalue weighted by atomic mass is 32.1. The summed E-state index contributed by atoms with van der Waals surface area (Å²) >= 11 is 1.89. The van der Waals surface area contributed by atoms with Gasteiger partial charge in [0.05, 0.1) is 5.69 Å². The zero-order valence-corrected chi connectivity index (χ0v) is 28.1. The zero-order chi connectivity index (χ0) is 33.0. The van der Waals surface area contributed by atoms with Gasteiger partial charge in [-0.15, -0.1) is 11.3 Å². The highest BCUT2D eigenvalue weighted by molar-refractivity contribution is 7.26. The van der Waals surface area contributed by atoms with Crippen molar-refractivity contribution in [3.63, 3.8) is 0 Å². The van der Waals surface area contributed by atoms with Gasteiger partial charge in [0, 0.05) is 31.5 Å². The predicted molar refractivity (Wildman–Crippen MR) is 217 cm³/mol. The lowest BCUT2D eigenvalue weighted by Crippen LogP contribution is -2.11. The van der Waals surface area contributed by atoms with E-state index in [0.717, 1.165) is 11.4 Å². The molecule has 0 spiro atoms. The lowest BCUT2D eigenvalue weighted by atomic mass is 9.93. The molecular formula is C48H31NS. The lowest BCUT2D eigenvalue weighted by molar-refractivity contribution is 1.31.